The number of halogens is 1. The molecular weight excluding hydrogens is 285 g/mol. The number of hydrogen-bond donors (Lipinski definition) is 2. The molecule has 0 unspecified atom stereocenters. The zero-order chi connectivity index (χ0) is 15.7. The second-order valence-corrected chi connectivity index (χ2v) is 7.81. The smallest absolute Gasteiger partial charge is 0.123 e. The molecule has 0 radical (unpaired) electrons. The van der Waals surface area contributed by atoms with E-state index in [-0.39, 0.29) is 22.8 Å². The van der Waals surface area contributed by atoms with Crippen LogP contribution in [-0.2, 0) is 0 Å². The van der Waals surface area contributed by atoms with Gasteiger partial charge in [-0.2, -0.15) is 0 Å². The summed E-state index contributed by atoms with van der Waals surface area (Å²) in [5, 5.41) is 13.3. The lowest BCUT2D eigenvalue weighted by Crippen LogP contribution is -2.45. The Labute approximate surface area is 131 Å². The highest BCUT2D eigenvalue weighted by molar-refractivity contribution is 7.80. The van der Waals surface area contributed by atoms with E-state index >= 15 is 0 Å². The Morgan fingerprint density at radius 2 is 2.10 bits per heavy atom. The molecule has 0 aliphatic heterocycles. The maximum Gasteiger partial charge on any atom is 0.123 e. The molecule has 2 rings (SSSR count). The third kappa shape index (κ3) is 4.48. The van der Waals surface area contributed by atoms with Gasteiger partial charge in [-0.1, -0.05) is 45.1 Å². The number of nitrogens with one attached hydrogen (secondary N) is 1. The van der Waals surface area contributed by atoms with E-state index in [1.807, 2.05) is 0 Å². The van der Waals surface area contributed by atoms with Gasteiger partial charge in [0.1, 0.15) is 10.8 Å². The van der Waals surface area contributed by atoms with Gasteiger partial charge in [-0.3, -0.25) is 0 Å². The van der Waals surface area contributed by atoms with E-state index in [0.717, 1.165) is 19.3 Å². The number of aliphatic hydroxyl groups excluding tert-OH is 1. The highest BCUT2D eigenvalue weighted by Gasteiger charge is 2.40. The number of hydrogen-bond acceptors (Lipinski definition) is 2. The van der Waals surface area contributed by atoms with Gasteiger partial charge in [0.2, 0.25) is 0 Å². The first-order valence-electron chi connectivity index (χ1n) is 7.41. The molecule has 1 saturated carbocycles. The molecule has 2 nitrogen and oxygen atoms in total. The summed E-state index contributed by atoms with van der Waals surface area (Å²) in [6, 6.07) is 6.32. The minimum absolute atomic E-state index is 0.00144. The summed E-state index contributed by atoms with van der Waals surface area (Å²) in [7, 11) is 0. The zero-order valence-electron chi connectivity index (χ0n) is 12.9. The molecule has 116 valence electrons. The third-order valence-electron chi connectivity index (χ3n) is 4.18. The van der Waals surface area contributed by atoms with Crippen LogP contribution in [0.5, 0.6) is 0 Å². The number of benzene rings is 1. The molecule has 0 bridgehead atoms. The molecule has 0 amide bonds. The first-order valence-corrected chi connectivity index (χ1v) is 7.82. The molecule has 0 heterocycles. The van der Waals surface area contributed by atoms with Crippen molar-refractivity contribution in [2.24, 2.45) is 10.8 Å². The molecule has 21 heavy (non-hydrogen) atoms. The van der Waals surface area contributed by atoms with Crippen molar-refractivity contribution in [3.63, 3.8) is 0 Å². The second-order valence-electron chi connectivity index (χ2n) is 7.41. The minimum atomic E-state index is -0.280. The summed E-state index contributed by atoms with van der Waals surface area (Å²) >= 11 is 5.34. The predicted molar refractivity (Wildman–Crippen MR) is 87.8 cm³/mol. The lowest BCUT2D eigenvalue weighted by Gasteiger charge is -2.45. The standard InChI is InChI=1S/C17H24FNOS/c1-16(2)8-14(20)9-17(3,10-16)11-19-15(21)12-5-4-6-13(18)7-12/h4-7,14,20H,8-11H2,1-3H3,(H,19,21)/t14-,17+/m1/s1. The van der Waals surface area contributed by atoms with Crippen LogP contribution in [0.25, 0.3) is 0 Å². The number of thiocarbonyl (C=S) groups is 1. The Bertz CT molecular complexity index is 531. The average Bonchev–Trinajstić information content (AvgIpc) is 2.33. The molecule has 1 aliphatic carbocycles. The van der Waals surface area contributed by atoms with Crippen molar-refractivity contribution >= 4 is 17.2 Å². The maximum absolute atomic E-state index is 13.2. The average molecular weight is 309 g/mol. The van der Waals surface area contributed by atoms with Crippen molar-refractivity contribution in [1.82, 2.24) is 5.32 Å². The third-order valence-corrected chi connectivity index (χ3v) is 4.56. The highest BCUT2D eigenvalue weighted by atomic mass is 32.1. The Hall–Kier alpha value is -1.00. The van der Waals surface area contributed by atoms with Crippen LogP contribution in [0.4, 0.5) is 4.39 Å². The fourth-order valence-electron chi connectivity index (χ4n) is 3.74. The molecule has 2 atom stereocenters. The molecule has 1 aromatic carbocycles. The monoisotopic (exact) mass is 309 g/mol. The Morgan fingerprint density at radius 1 is 1.38 bits per heavy atom. The van der Waals surface area contributed by atoms with Crippen LogP contribution in [0.2, 0.25) is 0 Å². The van der Waals surface area contributed by atoms with Gasteiger partial charge in [0.25, 0.3) is 0 Å². The highest BCUT2D eigenvalue weighted by Crippen LogP contribution is 2.45. The topological polar surface area (TPSA) is 32.3 Å². The van der Waals surface area contributed by atoms with Crippen molar-refractivity contribution < 1.29 is 9.50 Å². The summed E-state index contributed by atoms with van der Waals surface area (Å²) in [6.45, 7) is 7.26. The van der Waals surface area contributed by atoms with Gasteiger partial charge in [-0.25, -0.2) is 4.39 Å². The normalized spacial score (nSPS) is 28.1. The molecule has 1 fully saturated rings. The Kier molecular flexibility index (Phi) is 4.69. The molecular formula is C17H24FNOS. The summed E-state index contributed by atoms with van der Waals surface area (Å²) in [5.41, 5.74) is 0.830. The van der Waals surface area contributed by atoms with Crippen molar-refractivity contribution in [1.29, 1.82) is 0 Å². The van der Waals surface area contributed by atoms with E-state index in [1.54, 1.807) is 12.1 Å². The molecule has 0 aromatic heterocycles. The van der Waals surface area contributed by atoms with Gasteiger partial charge in [0, 0.05) is 12.1 Å². The summed E-state index contributed by atoms with van der Waals surface area (Å²) < 4.78 is 13.2. The van der Waals surface area contributed by atoms with Crippen LogP contribution >= 0.6 is 12.2 Å². The molecule has 1 aliphatic rings. The fourth-order valence-corrected chi connectivity index (χ4v) is 3.94. The first kappa shape index (κ1) is 16.4. The Morgan fingerprint density at radius 3 is 2.71 bits per heavy atom. The van der Waals surface area contributed by atoms with Crippen LogP contribution in [0.1, 0.15) is 45.6 Å². The first-order chi connectivity index (χ1) is 9.69. The van der Waals surface area contributed by atoms with E-state index in [0.29, 0.717) is 17.1 Å². The van der Waals surface area contributed by atoms with Gasteiger partial charge in [0.15, 0.2) is 0 Å². The van der Waals surface area contributed by atoms with Crippen molar-refractivity contribution in [2.75, 3.05) is 6.54 Å². The lowest BCUT2D eigenvalue weighted by molar-refractivity contribution is -0.00679. The molecule has 2 N–H and O–H groups in total. The summed E-state index contributed by atoms with van der Waals surface area (Å²) in [6.07, 6.45) is 2.39. The molecule has 1 aromatic rings. The number of rotatable bonds is 3. The van der Waals surface area contributed by atoms with Crippen molar-refractivity contribution in [3.8, 4) is 0 Å². The zero-order valence-corrected chi connectivity index (χ0v) is 13.8. The van der Waals surface area contributed by atoms with Crippen LogP contribution in [0.15, 0.2) is 24.3 Å². The second kappa shape index (κ2) is 6.01. The van der Waals surface area contributed by atoms with Crippen LogP contribution in [-0.4, -0.2) is 22.7 Å². The summed E-state index contributed by atoms with van der Waals surface area (Å²) in [5.74, 6) is -0.280. The Balaban J connectivity index is 2.00. The van der Waals surface area contributed by atoms with Crippen LogP contribution in [0, 0.1) is 16.6 Å². The van der Waals surface area contributed by atoms with E-state index in [1.165, 1.54) is 12.1 Å². The van der Waals surface area contributed by atoms with Crippen molar-refractivity contribution in [2.45, 2.75) is 46.1 Å². The SMILES string of the molecule is CC1(C)C[C@@H](O)C[C@](C)(CNC(=S)c2cccc(F)c2)C1. The van der Waals surface area contributed by atoms with E-state index < -0.39 is 0 Å². The minimum Gasteiger partial charge on any atom is -0.393 e. The van der Waals surface area contributed by atoms with Crippen LogP contribution in [0.3, 0.4) is 0 Å². The lowest BCUT2D eigenvalue weighted by atomic mass is 9.63. The van der Waals surface area contributed by atoms with Crippen LogP contribution < -0.4 is 5.32 Å². The van der Waals surface area contributed by atoms with Gasteiger partial charge < -0.3 is 10.4 Å². The van der Waals surface area contributed by atoms with Gasteiger partial charge in [-0.05, 0) is 42.2 Å². The maximum atomic E-state index is 13.2. The molecule has 0 spiro atoms. The van der Waals surface area contributed by atoms with E-state index in [4.69, 9.17) is 12.2 Å². The van der Waals surface area contributed by atoms with Crippen molar-refractivity contribution in [3.05, 3.63) is 35.6 Å². The van der Waals surface area contributed by atoms with Gasteiger partial charge >= 0.3 is 0 Å². The quantitative estimate of drug-likeness (QED) is 0.836. The molecule has 0 saturated heterocycles. The summed E-state index contributed by atoms with van der Waals surface area (Å²) in [4.78, 5) is 0.564. The van der Waals surface area contributed by atoms with Gasteiger partial charge in [0.05, 0.1) is 6.10 Å². The van der Waals surface area contributed by atoms with E-state index in [2.05, 4.69) is 26.1 Å². The van der Waals surface area contributed by atoms with E-state index in [9.17, 15) is 9.50 Å². The largest absolute Gasteiger partial charge is 0.393 e. The molecule has 4 heteroatoms. The fraction of sp³-hybridized carbons (Fsp3) is 0.588. The predicted octanol–water partition coefficient (Wildman–Crippen LogP) is 3.67. The van der Waals surface area contributed by atoms with Gasteiger partial charge in [-0.15, -0.1) is 0 Å². The number of aliphatic hydroxyl groups is 1.